The van der Waals surface area contributed by atoms with Gasteiger partial charge in [-0.25, -0.2) is 0 Å². The van der Waals surface area contributed by atoms with Crippen molar-refractivity contribution in [1.29, 1.82) is 0 Å². The molecule has 1 atom stereocenters. The predicted octanol–water partition coefficient (Wildman–Crippen LogP) is 2.27. The van der Waals surface area contributed by atoms with Crippen molar-refractivity contribution in [1.82, 2.24) is 15.5 Å². The van der Waals surface area contributed by atoms with Crippen LogP contribution >= 0.6 is 12.4 Å². The minimum Gasteiger partial charge on any atom is -0.484 e. The molecule has 1 unspecified atom stereocenters. The lowest BCUT2D eigenvalue weighted by Crippen LogP contribution is -2.24. The van der Waals surface area contributed by atoms with E-state index in [0.717, 1.165) is 12.1 Å². The van der Waals surface area contributed by atoms with Crippen LogP contribution in [0.3, 0.4) is 0 Å². The minimum absolute atomic E-state index is 0. The number of nitro groups is 1. The third-order valence-electron chi connectivity index (χ3n) is 2.97. The molecule has 0 saturated heterocycles. The van der Waals surface area contributed by atoms with Crippen molar-refractivity contribution in [2.24, 2.45) is 0 Å². The second-order valence-corrected chi connectivity index (χ2v) is 4.66. The normalized spacial score (nSPS) is 11.6. The van der Waals surface area contributed by atoms with Gasteiger partial charge in [0.1, 0.15) is 5.75 Å². The highest BCUT2D eigenvalue weighted by molar-refractivity contribution is 5.85. The maximum atomic E-state index is 13.4. The lowest BCUT2D eigenvalue weighted by molar-refractivity contribution is -0.387. The highest BCUT2D eigenvalue weighted by atomic mass is 35.5. The fraction of sp³-hybridized carbons (Fsp3) is 0.385. The van der Waals surface area contributed by atoms with Crippen LogP contribution in [0.5, 0.6) is 5.75 Å². The zero-order valence-corrected chi connectivity index (χ0v) is 13.3. The highest BCUT2D eigenvalue weighted by Crippen LogP contribution is 2.22. The Bertz CT molecular complexity index is 667. The van der Waals surface area contributed by atoms with E-state index >= 15 is 0 Å². The highest BCUT2D eigenvalue weighted by Gasteiger charge is 2.15. The van der Waals surface area contributed by atoms with E-state index < -0.39 is 16.4 Å². The van der Waals surface area contributed by atoms with Crippen LogP contribution in [0, 0.1) is 15.9 Å². The van der Waals surface area contributed by atoms with E-state index in [1.54, 1.807) is 0 Å². The third-order valence-corrected chi connectivity index (χ3v) is 2.97. The van der Waals surface area contributed by atoms with Crippen LogP contribution in [-0.2, 0) is 13.0 Å². The number of benzene rings is 1. The summed E-state index contributed by atoms with van der Waals surface area (Å²) >= 11 is 0. The molecule has 0 amide bonds. The molecular weight excluding hydrogens is 331 g/mol. The summed E-state index contributed by atoms with van der Waals surface area (Å²) in [6, 6.07) is 3.49. The molecule has 2 aromatic rings. The Hall–Kier alpha value is -2.26. The van der Waals surface area contributed by atoms with Crippen molar-refractivity contribution in [2.75, 3.05) is 7.05 Å². The van der Waals surface area contributed by atoms with E-state index in [1.807, 2.05) is 14.0 Å². The summed E-state index contributed by atoms with van der Waals surface area (Å²) in [5, 5.41) is 17.4. The first-order chi connectivity index (χ1) is 10.5. The lowest BCUT2D eigenvalue weighted by atomic mass is 10.2. The van der Waals surface area contributed by atoms with Gasteiger partial charge in [-0.05, 0) is 20.0 Å². The van der Waals surface area contributed by atoms with Crippen LogP contribution in [-0.4, -0.2) is 28.2 Å². The van der Waals surface area contributed by atoms with E-state index in [2.05, 4.69) is 15.5 Å². The fourth-order valence-electron chi connectivity index (χ4n) is 1.68. The number of likely N-dealkylation sites (N-methyl/N-ethyl adjacent to an activating group) is 1. The maximum Gasteiger partial charge on any atom is 0.305 e. The van der Waals surface area contributed by atoms with Crippen molar-refractivity contribution in [2.45, 2.75) is 26.0 Å². The Morgan fingerprint density at radius 2 is 2.26 bits per heavy atom. The third kappa shape index (κ3) is 5.15. The molecule has 0 saturated carbocycles. The van der Waals surface area contributed by atoms with Crippen LogP contribution in [0.4, 0.5) is 10.1 Å². The summed E-state index contributed by atoms with van der Waals surface area (Å²) in [6.45, 7) is 1.93. The first-order valence-electron chi connectivity index (χ1n) is 6.55. The number of hydrogen-bond donors (Lipinski definition) is 1. The molecule has 2 rings (SSSR count). The number of halogens is 2. The molecule has 0 spiro atoms. The topological polar surface area (TPSA) is 103 Å². The molecule has 23 heavy (non-hydrogen) atoms. The van der Waals surface area contributed by atoms with Crippen LogP contribution in [0.25, 0.3) is 0 Å². The van der Waals surface area contributed by atoms with Gasteiger partial charge in [-0.2, -0.15) is 9.37 Å². The van der Waals surface area contributed by atoms with E-state index in [9.17, 15) is 14.5 Å². The van der Waals surface area contributed by atoms with Gasteiger partial charge in [0.05, 0.1) is 4.92 Å². The molecule has 1 heterocycles. The largest absolute Gasteiger partial charge is 0.484 e. The van der Waals surface area contributed by atoms with Crippen molar-refractivity contribution in [3.63, 3.8) is 0 Å². The summed E-state index contributed by atoms with van der Waals surface area (Å²) in [7, 11) is 1.83. The van der Waals surface area contributed by atoms with Gasteiger partial charge in [0, 0.05) is 24.6 Å². The SMILES string of the molecule is CNC(C)Cc1noc(COc2ccc([N+](=O)[O-])c(F)c2)n1.Cl. The van der Waals surface area contributed by atoms with E-state index in [0.29, 0.717) is 12.2 Å². The molecule has 1 aromatic heterocycles. The van der Waals surface area contributed by atoms with Gasteiger partial charge >= 0.3 is 5.69 Å². The van der Waals surface area contributed by atoms with Crippen molar-refractivity contribution in [3.05, 3.63) is 45.8 Å². The van der Waals surface area contributed by atoms with Gasteiger partial charge in [-0.1, -0.05) is 5.16 Å². The molecule has 1 aromatic carbocycles. The van der Waals surface area contributed by atoms with Gasteiger partial charge in [-0.15, -0.1) is 12.4 Å². The molecule has 0 aliphatic heterocycles. The summed E-state index contributed by atoms with van der Waals surface area (Å²) in [5.41, 5.74) is -0.603. The van der Waals surface area contributed by atoms with Gasteiger partial charge < -0.3 is 14.6 Å². The number of nitrogens with one attached hydrogen (secondary N) is 1. The lowest BCUT2D eigenvalue weighted by Gasteiger charge is -2.05. The van der Waals surface area contributed by atoms with Crippen LogP contribution < -0.4 is 10.1 Å². The molecule has 1 N–H and O–H groups in total. The monoisotopic (exact) mass is 346 g/mol. The zero-order chi connectivity index (χ0) is 16.1. The van der Waals surface area contributed by atoms with E-state index in [4.69, 9.17) is 9.26 Å². The first kappa shape index (κ1) is 18.8. The first-order valence-corrected chi connectivity index (χ1v) is 6.55. The Morgan fingerprint density at radius 1 is 1.52 bits per heavy atom. The number of hydrogen-bond acceptors (Lipinski definition) is 7. The molecule has 0 aliphatic rings. The smallest absolute Gasteiger partial charge is 0.305 e. The number of nitro benzene ring substituents is 1. The molecule has 0 aliphatic carbocycles. The minimum atomic E-state index is -0.962. The Morgan fingerprint density at radius 3 is 2.87 bits per heavy atom. The number of rotatable bonds is 7. The number of aromatic nitrogens is 2. The molecule has 0 bridgehead atoms. The standard InChI is InChI=1S/C13H15FN4O4.ClH/c1-8(15-2)5-12-16-13(22-17-12)7-21-9-3-4-11(18(19)20)10(14)6-9;/h3-4,6,8,15H,5,7H2,1-2H3;1H. The van der Waals surface area contributed by atoms with Gasteiger partial charge in [0.15, 0.2) is 12.4 Å². The van der Waals surface area contributed by atoms with E-state index in [1.165, 1.54) is 6.07 Å². The van der Waals surface area contributed by atoms with E-state index in [-0.39, 0.29) is 36.7 Å². The number of ether oxygens (including phenoxy) is 1. The molecule has 0 fully saturated rings. The fourth-order valence-corrected chi connectivity index (χ4v) is 1.68. The second-order valence-electron chi connectivity index (χ2n) is 4.66. The average molecular weight is 347 g/mol. The predicted molar refractivity (Wildman–Crippen MR) is 81.2 cm³/mol. The average Bonchev–Trinajstić information content (AvgIpc) is 2.92. The zero-order valence-electron chi connectivity index (χ0n) is 12.5. The van der Waals surface area contributed by atoms with Crippen LogP contribution in [0.1, 0.15) is 18.6 Å². The summed E-state index contributed by atoms with van der Waals surface area (Å²) < 4.78 is 23.7. The molecule has 126 valence electrons. The van der Waals surface area contributed by atoms with Crippen LogP contribution in [0.2, 0.25) is 0 Å². The summed E-state index contributed by atoms with van der Waals surface area (Å²) in [4.78, 5) is 13.9. The van der Waals surface area contributed by atoms with Gasteiger partial charge in [-0.3, -0.25) is 10.1 Å². The molecule has 10 heteroatoms. The van der Waals surface area contributed by atoms with Gasteiger partial charge in [0.2, 0.25) is 5.82 Å². The second kappa shape index (κ2) is 8.39. The molecule has 8 nitrogen and oxygen atoms in total. The summed E-state index contributed by atoms with van der Waals surface area (Å²) in [5.74, 6) is -0.0320. The molecular formula is C13H16ClFN4O4. The number of nitrogens with zero attached hydrogens (tertiary/aromatic N) is 3. The molecule has 0 radical (unpaired) electrons. The Labute approximate surface area is 137 Å². The van der Waals surface area contributed by atoms with Crippen LogP contribution in [0.15, 0.2) is 22.7 Å². The Kier molecular flexibility index (Phi) is 6.86. The van der Waals surface area contributed by atoms with Crippen molar-refractivity contribution < 1.29 is 18.6 Å². The van der Waals surface area contributed by atoms with Crippen molar-refractivity contribution in [3.8, 4) is 5.75 Å². The van der Waals surface area contributed by atoms with Gasteiger partial charge in [0.25, 0.3) is 5.89 Å². The Balaban J connectivity index is 0.00000264. The quantitative estimate of drug-likeness (QED) is 0.605. The van der Waals surface area contributed by atoms with Crippen molar-refractivity contribution >= 4 is 18.1 Å². The maximum absolute atomic E-state index is 13.4. The summed E-state index contributed by atoms with van der Waals surface area (Å²) in [6.07, 6.45) is 0.603.